The summed E-state index contributed by atoms with van der Waals surface area (Å²) < 4.78 is 1.38. The van der Waals surface area contributed by atoms with Crippen LogP contribution in [0.15, 0.2) is 29.6 Å². The quantitative estimate of drug-likeness (QED) is 0.886. The van der Waals surface area contributed by atoms with Crippen LogP contribution < -0.4 is 5.32 Å². The van der Waals surface area contributed by atoms with E-state index in [1.165, 1.54) is 47.8 Å². The maximum Gasteiger partial charge on any atom is 0.0695 e. The molecule has 24 heavy (non-hydrogen) atoms. The summed E-state index contributed by atoms with van der Waals surface area (Å²) in [4.78, 5) is 2.54. The van der Waals surface area contributed by atoms with Gasteiger partial charge in [-0.3, -0.25) is 4.90 Å². The first-order valence-electron chi connectivity index (χ1n) is 9.42. The van der Waals surface area contributed by atoms with E-state index in [2.05, 4.69) is 39.9 Å². The fourth-order valence-electron chi connectivity index (χ4n) is 4.38. The SMILES string of the molecule is OC1CCCCC1N1CCC(NCc2csc3ccccc23)CC1. The molecule has 3 nitrogen and oxygen atoms in total. The van der Waals surface area contributed by atoms with Gasteiger partial charge < -0.3 is 10.4 Å². The molecule has 1 aromatic carbocycles. The second-order valence-electron chi connectivity index (χ2n) is 7.37. The Kier molecular flexibility index (Phi) is 5.18. The van der Waals surface area contributed by atoms with Gasteiger partial charge in [0.2, 0.25) is 0 Å². The Morgan fingerprint density at radius 3 is 2.71 bits per heavy atom. The molecule has 1 aliphatic carbocycles. The van der Waals surface area contributed by atoms with Crippen molar-refractivity contribution in [3.63, 3.8) is 0 Å². The van der Waals surface area contributed by atoms with Gasteiger partial charge in [-0.1, -0.05) is 31.0 Å². The highest BCUT2D eigenvalue weighted by Crippen LogP contribution is 2.27. The summed E-state index contributed by atoms with van der Waals surface area (Å²) in [5.74, 6) is 0. The Morgan fingerprint density at radius 2 is 1.88 bits per heavy atom. The lowest BCUT2D eigenvalue weighted by Crippen LogP contribution is -2.51. The van der Waals surface area contributed by atoms with Crippen LogP contribution in [0.5, 0.6) is 0 Å². The molecule has 2 unspecified atom stereocenters. The van der Waals surface area contributed by atoms with Gasteiger partial charge in [0.1, 0.15) is 0 Å². The number of rotatable bonds is 4. The standard InChI is InChI=1S/C20H28N2OS/c23-19-7-3-2-6-18(19)22-11-9-16(10-12-22)21-13-15-14-24-20-8-4-1-5-17(15)20/h1,4-5,8,14,16,18-19,21,23H,2-3,6-7,9-13H2. The molecule has 130 valence electrons. The minimum Gasteiger partial charge on any atom is -0.391 e. The zero-order valence-corrected chi connectivity index (χ0v) is 15.1. The van der Waals surface area contributed by atoms with Crippen LogP contribution in [0, 0.1) is 0 Å². The van der Waals surface area contributed by atoms with E-state index in [1.807, 2.05) is 11.3 Å². The molecule has 0 radical (unpaired) electrons. The van der Waals surface area contributed by atoms with Crippen molar-refractivity contribution in [1.29, 1.82) is 0 Å². The normalized spacial score (nSPS) is 26.9. The van der Waals surface area contributed by atoms with Gasteiger partial charge in [-0.15, -0.1) is 11.3 Å². The van der Waals surface area contributed by atoms with Gasteiger partial charge in [-0.25, -0.2) is 0 Å². The van der Waals surface area contributed by atoms with Crippen LogP contribution in [-0.4, -0.2) is 41.3 Å². The molecule has 2 aromatic rings. The lowest BCUT2D eigenvalue weighted by atomic mass is 9.89. The van der Waals surface area contributed by atoms with Crippen LogP contribution in [0.4, 0.5) is 0 Å². The first kappa shape index (κ1) is 16.5. The summed E-state index contributed by atoms with van der Waals surface area (Å²) in [6, 6.07) is 9.71. The van der Waals surface area contributed by atoms with Crippen molar-refractivity contribution in [3.8, 4) is 0 Å². The predicted octanol–water partition coefficient (Wildman–Crippen LogP) is 3.76. The third kappa shape index (κ3) is 3.52. The fourth-order valence-corrected chi connectivity index (χ4v) is 5.34. The number of likely N-dealkylation sites (tertiary alicyclic amines) is 1. The predicted molar refractivity (Wildman–Crippen MR) is 102 cm³/mol. The molecule has 0 amide bonds. The lowest BCUT2D eigenvalue weighted by Gasteiger charge is -2.41. The van der Waals surface area contributed by atoms with Crippen LogP contribution in [0.1, 0.15) is 44.1 Å². The molecule has 2 N–H and O–H groups in total. The van der Waals surface area contributed by atoms with Crippen molar-refractivity contribution in [3.05, 3.63) is 35.2 Å². The third-order valence-corrected chi connectivity index (χ3v) is 6.85. The summed E-state index contributed by atoms with van der Waals surface area (Å²) in [6.45, 7) is 3.23. The van der Waals surface area contributed by atoms with Crippen molar-refractivity contribution >= 4 is 21.4 Å². The molecule has 2 atom stereocenters. The van der Waals surface area contributed by atoms with Crippen LogP contribution in [0.25, 0.3) is 10.1 Å². The zero-order valence-electron chi connectivity index (χ0n) is 14.3. The Bertz CT molecular complexity index is 662. The zero-order chi connectivity index (χ0) is 16.4. The van der Waals surface area contributed by atoms with Gasteiger partial charge >= 0.3 is 0 Å². The first-order valence-corrected chi connectivity index (χ1v) is 10.3. The van der Waals surface area contributed by atoms with E-state index in [4.69, 9.17) is 0 Å². The average Bonchev–Trinajstić information content (AvgIpc) is 3.04. The Labute approximate surface area is 148 Å². The molecular weight excluding hydrogens is 316 g/mol. The van der Waals surface area contributed by atoms with Gasteiger partial charge in [-0.05, 0) is 48.1 Å². The number of benzene rings is 1. The van der Waals surface area contributed by atoms with E-state index in [0.29, 0.717) is 12.1 Å². The highest BCUT2D eigenvalue weighted by molar-refractivity contribution is 7.17. The molecular formula is C20H28N2OS. The average molecular weight is 345 g/mol. The second kappa shape index (κ2) is 7.52. The molecule has 2 aliphatic rings. The Hall–Kier alpha value is -0.940. The van der Waals surface area contributed by atoms with E-state index in [-0.39, 0.29) is 6.10 Å². The molecule has 1 saturated carbocycles. The van der Waals surface area contributed by atoms with E-state index in [1.54, 1.807) is 0 Å². The van der Waals surface area contributed by atoms with Gasteiger partial charge in [0.25, 0.3) is 0 Å². The van der Waals surface area contributed by atoms with Gasteiger partial charge in [0.05, 0.1) is 6.10 Å². The maximum absolute atomic E-state index is 10.3. The molecule has 1 aliphatic heterocycles. The van der Waals surface area contributed by atoms with Crippen molar-refractivity contribution in [2.75, 3.05) is 13.1 Å². The van der Waals surface area contributed by atoms with Gasteiger partial charge in [-0.2, -0.15) is 0 Å². The fraction of sp³-hybridized carbons (Fsp3) is 0.600. The number of nitrogens with one attached hydrogen (secondary N) is 1. The van der Waals surface area contributed by atoms with Crippen LogP contribution >= 0.6 is 11.3 Å². The molecule has 0 spiro atoms. The van der Waals surface area contributed by atoms with E-state index in [0.717, 1.165) is 26.1 Å². The van der Waals surface area contributed by atoms with Crippen molar-refractivity contribution in [1.82, 2.24) is 10.2 Å². The Morgan fingerprint density at radius 1 is 1.08 bits per heavy atom. The monoisotopic (exact) mass is 344 g/mol. The minimum absolute atomic E-state index is 0.0968. The Balaban J connectivity index is 1.29. The highest BCUT2D eigenvalue weighted by Gasteiger charge is 2.31. The van der Waals surface area contributed by atoms with E-state index in [9.17, 15) is 5.11 Å². The number of fused-ring (bicyclic) bond motifs is 1. The highest BCUT2D eigenvalue weighted by atomic mass is 32.1. The van der Waals surface area contributed by atoms with Crippen molar-refractivity contribution in [2.24, 2.45) is 0 Å². The number of aliphatic hydroxyl groups is 1. The van der Waals surface area contributed by atoms with Crippen LogP contribution in [0.2, 0.25) is 0 Å². The number of piperidine rings is 1. The third-order valence-electron chi connectivity index (χ3n) is 5.83. The number of hydrogen-bond acceptors (Lipinski definition) is 4. The van der Waals surface area contributed by atoms with Crippen LogP contribution in [-0.2, 0) is 6.54 Å². The topological polar surface area (TPSA) is 35.5 Å². The first-order chi connectivity index (χ1) is 11.8. The van der Waals surface area contributed by atoms with E-state index < -0.39 is 0 Å². The number of aliphatic hydroxyl groups excluding tert-OH is 1. The molecule has 4 heteroatoms. The molecule has 4 rings (SSSR count). The molecule has 0 bridgehead atoms. The number of hydrogen-bond donors (Lipinski definition) is 2. The molecule has 1 aromatic heterocycles. The summed E-state index contributed by atoms with van der Waals surface area (Å²) in [5.41, 5.74) is 1.43. The summed E-state index contributed by atoms with van der Waals surface area (Å²) >= 11 is 1.84. The van der Waals surface area contributed by atoms with E-state index >= 15 is 0 Å². The summed E-state index contributed by atoms with van der Waals surface area (Å²) in [7, 11) is 0. The molecule has 2 fully saturated rings. The summed E-state index contributed by atoms with van der Waals surface area (Å²) in [6.07, 6.45) is 6.96. The van der Waals surface area contributed by atoms with Gasteiger partial charge in [0.15, 0.2) is 0 Å². The number of thiophene rings is 1. The largest absolute Gasteiger partial charge is 0.391 e. The van der Waals surface area contributed by atoms with Crippen LogP contribution in [0.3, 0.4) is 0 Å². The molecule has 1 saturated heterocycles. The minimum atomic E-state index is -0.0968. The van der Waals surface area contributed by atoms with Crippen molar-refractivity contribution in [2.45, 2.75) is 63.3 Å². The maximum atomic E-state index is 10.3. The lowest BCUT2D eigenvalue weighted by molar-refractivity contribution is 0.00714. The summed E-state index contributed by atoms with van der Waals surface area (Å²) in [5, 5.41) is 17.7. The second-order valence-corrected chi connectivity index (χ2v) is 8.28. The molecule has 2 heterocycles. The van der Waals surface area contributed by atoms with Gasteiger partial charge in [0, 0.05) is 36.4 Å². The number of nitrogens with zero attached hydrogens (tertiary/aromatic N) is 1. The van der Waals surface area contributed by atoms with Crippen molar-refractivity contribution < 1.29 is 5.11 Å². The smallest absolute Gasteiger partial charge is 0.0695 e.